The van der Waals surface area contributed by atoms with Gasteiger partial charge in [0, 0.05) is 29.7 Å². The standard InChI is InChI=1S/C16H20N2O/c1-2-6-18-7-8-19-16-12-4-3-5-13-15(12)11(10-17-13)9-14(16)18/h3-5,10,14,16-17H,2,6-9H2,1H3/t14-,16-/m1/s1. The summed E-state index contributed by atoms with van der Waals surface area (Å²) in [5, 5.41) is 1.40. The molecular formula is C16H20N2O. The fraction of sp³-hybridized carbons (Fsp3) is 0.500. The molecule has 1 aliphatic heterocycles. The molecule has 3 heteroatoms. The lowest BCUT2D eigenvalue weighted by atomic mass is 9.85. The summed E-state index contributed by atoms with van der Waals surface area (Å²) < 4.78 is 6.12. The molecule has 1 saturated heterocycles. The molecule has 2 heterocycles. The topological polar surface area (TPSA) is 28.3 Å². The van der Waals surface area contributed by atoms with Crippen molar-refractivity contribution in [2.45, 2.75) is 31.9 Å². The van der Waals surface area contributed by atoms with Gasteiger partial charge in [0.15, 0.2) is 0 Å². The number of benzene rings is 1. The Morgan fingerprint density at radius 2 is 2.37 bits per heavy atom. The second kappa shape index (κ2) is 4.36. The predicted octanol–water partition coefficient (Wildman–Crippen LogP) is 2.88. The van der Waals surface area contributed by atoms with Gasteiger partial charge in [-0.15, -0.1) is 0 Å². The van der Waals surface area contributed by atoms with Gasteiger partial charge in [-0.3, -0.25) is 4.90 Å². The fourth-order valence-electron chi connectivity index (χ4n) is 3.77. The number of rotatable bonds is 2. The molecular weight excluding hydrogens is 236 g/mol. The van der Waals surface area contributed by atoms with Crippen LogP contribution < -0.4 is 0 Å². The van der Waals surface area contributed by atoms with Crippen LogP contribution in [0.5, 0.6) is 0 Å². The number of fused-ring (bicyclic) bond motifs is 2. The van der Waals surface area contributed by atoms with E-state index in [0.717, 1.165) is 19.6 Å². The van der Waals surface area contributed by atoms with E-state index in [2.05, 4.69) is 41.2 Å². The number of H-pyrrole nitrogens is 1. The summed E-state index contributed by atoms with van der Waals surface area (Å²) in [7, 11) is 0. The first-order valence-electron chi connectivity index (χ1n) is 7.33. The largest absolute Gasteiger partial charge is 0.371 e. The van der Waals surface area contributed by atoms with E-state index in [0.29, 0.717) is 6.04 Å². The van der Waals surface area contributed by atoms with Gasteiger partial charge in [0.2, 0.25) is 0 Å². The molecule has 4 rings (SSSR count). The fourth-order valence-corrected chi connectivity index (χ4v) is 3.77. The zero-order chi connectivity index (χ0) is 12.8. The number of morpholine rings is 1. The van der Waals surface area contributed by atoms with Gasteiger partial charge in [0.05, 0.1) is 12.7 Å². The molecule has 0 amide bonds. The third-order valence-corrected chi connectivity index (χ3v) is 4.56. The Labute approximate surface area is 113 Å². The number of nitrogens with zero attached hydrogens (tertiary/aromatic N) is 1. The smallest absolute Gasteiger partial charge is 0.0990 e. The first kappa shape index (κ1) is 11.5. The first-order chi connectivity index (χ1) is 9.38. The minimum absolute atomic E-state index is 0.257. The van der Waals surface area contributed by atoms with Crippen molar-refractivity contribution in [3.8, 4) is 0 Å². The zero-order valence-electron chi connectivity index (χ0n) is 11.4. The van der Waals surface area contributed by atoms with E-state index in [9.17, 15) is 0 Å². The summed E-state index contributed by atoms with van der Waals surface area (Å²) in [5.41, 5.74) is 4.09. The van der Waals surface area contributed by atoms with Crippen LogP contribution in [0.15, 0.2) is 24.4 Å². The Hall–Kier alpha value is -1.32. The van der Waals surface area contributed by atoms with E-state index in [1.807, 2.05) is 0 Å². The molecule has 3 nitrogen and oxygen atoms in total. The molecule has 0 radical (unpaired) electrons. The van der Waals surface area contributed by atoms with Gasteiger partial charge in [0.1, 0.15) is 0 Å². The van der Waals surface area contributed by atoms with Crippen LogP contribution in [0, 0.1) is 0 Å². The number of aromatic nitrogens is 1. The summed E-state index contributed by atoms with van der Waals surface area (Å²) in [6.07, 6.45) is 4.77. The summed E-state index contributed by atoms with van der Waals surface area (Å²) >= 11 is 0. The lowest BCUT2D eigenvalue weighted by molar-refractivity contribution is -0.0739. The van der Waals surface area contributed by atoms with Crippen LogP contribution >= 0.6 is 0 Å². The Morgan fingerprint density at radius 1 is 1.42 bits per heavy atom. The van der Waals surface area contributed by atoms with Crippen molar-refractivity contribution in [2.24, 2.45) is 0 Å². The molecule has 0 unspecified atom stereocenters. The molecule has 19 heavy (non-hydrogen) atoms. The van der Waals surface area contributed by atoms with Crippen LogP contribution in [0.2, 0.25) is 0 Å². The van der Waals surface area contributed by atoms with Crippen LogP contribution in [-0.4, -0.2) is 35.6 Å². The van der Waals surface area contributed by atoms with E-state index in [1.54, 1.807) is 0 Å². The normalized spacial score (nSPS) is 26.6. The van der Waals surface area contributed by atoms with Gasteiger partial charge in [-0.1, -0.05) is 19.1 Å². The maximum absolute atomic E-state index is 6.12. The summed E-state index contributed by atoms with van der Waals surface area (Å²) in [6, 6.07) is 7.06. The Morgan fingerprint density at radius 3 is 3.26 bits per heavy atom. The third kappa shape index (κ3) is 1.65. The van der Waals surface area contributed by atoms with Crippen LogP contribution in [0.25, 0.3) is 10.9 Å². The van der Waals surface area contributed by atoms with Crippen LogP contribution in [0.4, 0.5) is 0 Å². The van der Waals surface area contributed by atoms with Crippen molar-refractivity contribution >= 4 is 10.9 Å². The lowest BCUT2D eigenvalue weighted by Crippen LogP contribution is -2.49. The number of hydrogen-bond acceptors (Lipinski definition) is 2. The third-order valence-electron chi connectivity index (χ3n) is 4.56. The van der Waals surface area contributed by atoms with Gasteiger partial charge in [-0.05, 0) is 36.6 Å². The summed E-state index contributed by atoms with van der Waals surface area (Å²) in [4.78, 5) is 6.02. The van der Waals surface area contributed by atoms with E-state index in [1.165, 1.54) is 35.0 Å². The monoisotopic (exact) mass is 256 g/mol. The van der Waals surface area contributed by atoms with Gasteiger partial charge in [-0.25, -0.2) is 0 Å². The highest BCUT2D eigenvalue weighted by Gasteiger charge is 2.37. The van der Waals surface area contributed by atoms with Gasteiger partial charge in [0.25, 0.3) is 0 Å². The molecule has 1 aromatic heterocycles. The summed E-state index contributed by atoms with van der Waals surface area (Å²) in [5.74, 6) is 0. The number of hydrogen-bond donors (Lipinski definition) is 1. The molecule has 0 bridgehead atoms. The molecule has 0 saturated carbocycles. The van der Waals surface area contributed by atoms with E-state index in [-0.39, 0.29) is 6.10 Å². The molecule has 1 aliphatic carbocycles. The quantitative estimate of drug-likeness (QED) is 0.895. The van der Waals surface area contributed by atoms with E-state index >= 15 is 0 Å². The SMILES string of the molecule is CCCN1CCO[C@@H]2c3cccc4[nH]cc(c34)C[C@H]21. The van der Waals surface area contributed by atoms with Crippen molar-refractivity contribution in [3.63, 3.8) is 0 Å². The lowest BCUT2D eigenvalue weighted by Gasteiger charge is -2.43. The average Bonchev–Trinajstić information content (AvgIpc) is 2.85. The Kier molecular flexibility index (Phi) is 2.64. The molecule has 1 N–H and O–H groups in total. The zero-order valence-corrected chi connectivity index (χ0v) is 11.4. The highest BCUT2D eigenvalue weighted by molar-refractivity contribution is 5.88. The average molecular weight is 256 g/mol. The molecule has 2 atom stereocenters. The van der Waals surface area contributed by atoms with Crippen LogP contribution in [0.1, 0.15) is 30.6 Å². The van der Waals surface area contributed by atoms with E-state index in [4.69, 9.17) is 4.74 Å². The molecule has 2 aromatic rings. The van der Waals surface area contributed by atoms with E-state index < -0.39 is 0 Å². The first-order valence-corrected chi connectivity index (χ1v) is 7.33. The Balaban J connectivity index is 1.81. The second-order valence-electron chi connectivity index (χ2n) is 5.68. The van der Waals surface area contributed by atoms with Crippen molar-refractivity contribution in [1.29, 1.82) is 0 Å². The van der Waals surface area contributed by atoms with Crippen molar-refractivity contribution < 1.29 is 4.74 Å². The molecule has 1 fully saturated rings. The molecule has 2 aliphatic rings. The van der Waals surface area contributed by atoms with Crippen molar-refractivity contribution in [3.05, 3.63) is 35.5 Å². The minimum atomic E-state index is 0.257. The number of nitrogens with one attached hydrogen (secondary N) is 1. The van der Waals surface area contributed by atoms with Crippen LogP contribution in [-0.2, 0) is 11.2 Å². The predicted molar refractivity (Wildman–Crippen MR) is 76.3 cm³/mol. The van der Waals surface area contributed by atoms with Crippen molar-refractivity contribution in [1.82, 2.24) is 9.88 Å². The van der Waals surface area contributed by atoms with Gasteiger partial charge in [-0.2, -0.15) is 0 Å². The molecule has 1 aromatic carbocycles. The second-order valence-corrected chi connectivity index (χ2v) is 5.68. The molecule has 100 valence electrons. The van der Waals surface area contributed by atoms with Gasteiger partial charge < -0.3 is 9.72 Å². The van der Waals surface area contributed by atoms with Crippen molar-refractivity contribution in [2.75, 3.05) is 19.7 Å². The maximum atomic E-state index is 6.12. The van der Waals surface area contributed by atoms with Crippen LogP contribution in [0.3, 0.4) is 0 Å². The van der Waals surface area contributed by atoms with Gasteiger partial charge >= 0.3 is 0 Å². The number of aromatic amines is 1. The highest BCUT2D eigenvalue weighted by Crippen LogP contribution is 2.40. The number of ether oxygens (including phenoxy) is 1. The minimum Gasteiger partial charge on any atom is -0.371 e. The maximum Gasteiger partial charge on any atom is 0.0990 e. The highest BCUT2D eigenvalue weighted by atomic mass is 16.5. The molecule has 0 spiro atoms. The summed E-state index contributed by atoms with van der Waals surface area (Å²) in [6.45, 7) is 5.37. The Bertz CT molecular complexity index is 602.